The normalized spacial score (nSPS) is 25.1. The summed E-state index contributed by atoms with van der Waals surface area (Å²) in [6.07, 6.45) is 1.83. The molecule has 0 bridgehead atoms. The number of cyclic esters (lactones) is 1. The lowest BCUT2D eigenvalue weighted by atomic mass is 9.84. The highest BCUT2D eigenvalue weighted by atomic mass is 16.6. The highest BCUT2D eigenvalue weighted by Crippen LogP contribution is 2.39. The molecule has 0 aliphatic carbocycles. The molecule has 0 aromatic heterocycles. The Morgan fingerprint density at radius 3 is 2.62 bits per heavy atom. The second-order valence-corrected chi connectivity index (χ2v) is 8.87. The zero-order valence-electron chi connectivity index (χ0n) is 17.6. The van der Waals surface area contributed by atoms with Gasteiger partial charge in [-0.1, -0.05) is 30.3 Å². The molecule has 2 aliphatic heterocycles. The highest BCUT2D eigenvalue weighted by Gasteiger charge is 2.45. The van der Waals surface area contributed by atoms with Crippen molar-refractivity contribution in [3.05, 3.63) is 35.9 Å². The molecule has 7 heteroatoms. The van der Waals surface area contributed by atoms with E-state index < -0.39 is 11.2 Å². The number of aliphatic hydroxyl groups excluding tert-OH is 1. The van der Waals surface area contributed by atoms with Gasteiger partial charge in [0.2, 0.25) is 0 Å². The molecule has 2 atom stereocenters. The van der Waals surface area contributed by atoms with Crippen molar-refractivity contribution in [2.45, 2.75) is 63.7 Å². The molecule has 2 amide bonds. The van der Waals surface area contributed by atoms with Gasteiger partial charge in [-0.3, -0.25) is 0 Å². The van der Waals surface area contributed by atoms with Crippen molar-refractivity contribution < 1.29 is 24.2 Å². The number of amides is 2. The molecular formula is C22H32N2O5. The van der Waals surface area contributed by atoms with Crippen LogP contribution in [0.4, 0.5) is 9.59 Å². The molecule has 160 valence electrons. The van der Waals surface area contributed by atoms with Crippen LogP contribution in [-0.4, -0.2) is 65.0 Å². The number of hydrogen-bond acceptors (Lipinski definition) is 5. The summed E-state index contributed by atoms with van der Waals surface area (Å²) in [5.41, 5.74) is -0.286. The van der Waals surface area contributed by atoms with Gasteiger partial charge < -0.3 is 24.4 Å². The molecular weight excluding hydrogens is 372 g/mol. The van der Waals surface area contributed by atoms with Crippen molar-refractivity contribution in [1.82, 2.24) is 9.80 Å². The van der Waals surface area contributed by atoms with Gasteiger partial charge in [-0.15, -0.1) is 0 Å². The van der Waals surface area contributed by atoms with Crippen LogP contribution in [0.25, 0.3) is 0 Å². The molecule has 0 radical (unpaired) electrons. The van der Waals surface area contributed by atoms with Crippen LogP contribution in [0, 0.1) is 0 Å². The maximum absolute atomic E-state index is 12.9. The summed E-state index contributed by atoms with van der Waals surface area (Å²) in [7, 11) is 0. The zero-order chi connectivity index (χ0) is 21.1. The molecule has 1 unspecified atom stereocenters. The molecule has 3 rings (SSSR count). The van der Waals surface area contributed by atoms with E-state index in [0.29, 0.717) is 45.3 Å². The minimum Gasteiger partial charge on any atom is -0.444 e. The number of benzene rings is 1. The number of ether oxygens (including phenoxy) is 2. The third kappa shape index (κ3) is 5.01. The Hall–Kier alpha value is -2.28. The first-order chi connectivity index (χ1) is 13.7. The number of carbonyl (C=O) groups excluding carboxylic acids is 2. The average Bonchev–Trinajstić information content (AvgIpc) is 3.16. The average molecular weight is 405 g/mol. The number of likely N-dealkylation sites (tertiary alicyclic amines) is 1. The van der Waals surface area contributed by atoms with E-state index in [-0.39, 0.29) is 24.8 Å². The summed E-state index contributed by atoms with van der Waals surface area (Å²) in [5.74, 6) is 0. The SMILES string of the molecule is CC(C)(C)OC(=O)N1CC[C@H](N2CCC(CCCO)(c3ccccc3)OC2=O)C1. The summed E-state index contributed by atoms with van der Waals surface area (Å²) < 4.78 is 11.5. The maximum atomic E-state index is 12.9. The predicted molar refractivity (Wildman–Crippen MR) is 108 cm³/mol. The van der Waals surface area contributed by atoms with Crippen LogP contribution in [0.1, 0.15) is 52.0 Å². The van der Waals surface area contributed by atoms with Gasteiger partial charge >= 0.3 is 12.2 Å². The van der Waals surface area contributed by atoms with Gasteiger partial charge in [0, 0.05) is 32.7 Å². The molecule has 29 heavy (non-hydrogen) atoms. The number of rotatable bonds is 5. The number of carbonyl (C=O) groups is 2. The van der Waals surface area contributed by atoms with Gasteiger partial charge in [0.15, 0.2) is 0 Å². The van der Waals surface area contributed by atoms with Crippen LogP contribution >= 0.6 is 0 Å². The first kappa shape index (κ1) is 21.4. The lowest BCUT2D eigenvalue weighted by Gasteiger charge is -2.43. The smallest absolute Gasteiger partial charge is 0.410 e. The Balaban J connectivity index is 1.66. The van der Waals surface area contributed by atoms with Gasteiger partial charge in [-0.25, -0.2) is 9.59 Å². The third-order valence-corrected chi connectivity index (χ3v) is 5.57. The van der Waals surface area contributed by atoms with Gasteiger partial charge in [-0.2, -0.15) is 0 Å². The van der Waals surface area contributed by atoms with Crippen LogP contribution in [0.5, 0.6) is 0 Å². The van der Waals surface area contributed by atoms with E-state index >= 15 is 0 Å². The number of nitrogens with zero attached hydrogens (tertiary/aromatic N) is 2. The monoisotopic (exact) mass is 404 g/mol. The Morgan fingerprint density at radius 2 is 2.00 bits per heavy atom. The second-order valence-electron chi connectivity index (χ2n) is 8.87. The zero-order valence-corrected chi connectivity index (χ0v) is 17.6. The van der Waals surface area contributed by atoms with Crippen molar-refractivity contribution in [3.8, 4) is 0 Å². The van der Waals surface area contributed by atoms with E-state index in [4.69, 9.17) is 9.47 Å². The fourth-order valence-corrected chi connectivity index (χ4v) is 4.12. The Labute approximate surface area is 172 Å². The van der Waals surface area contributed by atoms with E-state index in [9.17, 15) is 14.7 Å². The molecule has 7 nitrogen and oxygen atoms in total. The van der Waals surface area contributed by atoms with E-state index in [1.807, 2.05) is 51.1 Å². The molecule has 2 aliphatic rings. The standard InChI is InChI=1S/C22H32N2O5/c1-21(2,3)28-19(26)23-13-10-18(16-23)24-14-12-22(11-7-15-25,29-20(24)27)17-8-5-4-6-9-17/h4-6,8-9,18,25H,7,10-16H2,1-3H3/t18-,22?/m0/s1. The predicted octanol–water partition coefficient (Wildman–Crippen LogP) is 3.51. The summed E-state index contributed by atoms with van der Waals surface area (Å²) in [6, 6.07) is 9.68. The minimum absolute atomic E-state index is 0.0589. The number of hydrogen-bond donors (Lipinski definition) is 1. The fourth-order valence-electron chi connectivity index (χ4n) is 4.12. The highest BCUT2D eigenvalue weighted by molar-refractivity contribution is 5.71. The van der Waals surface area contributed by atoms with Crippen molar-refractivity contribution in [2.75, 3.05) is 26.2 Å². The van der Waals surface area contributed by atoms with Crippen LogP contribution in [0.2, 0.25) is 0 Å². The summed E-state index contributed by atoms with van der Waals surface area (Å²) in [6.45, 7) is 7.17. The number of aliphatic hydroxyl groups is 1. The van der Waals surface area contributed by atoms with Crippen LogP contribution in [-0.2, 0) is 15.1 Å². The topological polar surface area (TPSA) is 79.3 Å². The van der Waals surface area contributed by atoms with E-state index in [2.05, 4.69) is 0 Å². The van der Waals surface area contributed by atoms with E-state index in [1.54, 1.807) is 9.80 Å². The first-order valence-corrected chi connectivity index (χ1v) is 10.4. The molecule has 1 aromatic carbocycles. The van der Waals surface area contributed by atoms with Crippen molar-refractivity contribution in [2.24, 2.45) is 0 Å². The van der Waals surface area contributed by atoms with Gasteiger partial charge in [-0.05, 0) is 45.6 Å². The van der Waals surface area contributed by atoms with Gasteiger partial charge in [0.05, 0.1) is 6.04 Å². The Kier molecular flexibility index (Phi) is 6.36. The van der Waals surface area contributed by atoms with Crippen molar-refractivity contribution in [3.63, 3.8) is 0 Å². The molecule has 2 heterocycles. The van der Waals surface area contributed by atoms with E-state index in [0.717, 1.165) is 5.56 Å². The molecule has 0 spiro atoms. The lowest BCUT2D eigenvalue weighted by Crippen LogP contribution is -2.52. The van der Waals surface area contributed by atoms with Gasteiger partial charge in [0.25, 0.3) is 0 Å². The molecule has 2 fully saturated rings. The summed E-state index contributed by atoms with van der Waals surface area (Å²) in [5, 5.41) is 9.31. The van der Waals surface area contributed by atoms with Crippen LogP contribution < -0.4 is 0 Å². The lowest BCUT2D eigenvalue weighted by molar-refractivity contribution is -0.0682. The van der Waals surface area contributed by atoms with Crippen LogP contribution in [0.3, 0.4) is 0 Å². The third-order valence-electron chi connectivity index (χ3n) is 5.57. The van der Waals surface area contributed by atoms with E-state index in [1.165, 1.54) is 0 Å². The molecule has 0 saturated carbocycles. The van der Waals surface area contributed by atoms with Crippen molar-refractivity contribution in [1.29, 1.82) is 0 Å². The Morgan fingerprint density at radius 1 is 1.28 bits per heavy atom. The largest absolute Gasteiger partial charge is 0.444 e. The molecule has 1 aromatic rings. The Bertz CT molecular complexity index is 718. The second kappa shape index (κ2) is 8.61. The van der Waals surface area contributed by atoms with Crippen LogP contribution in [0.15, 0.2) is 30.3 Å². The van der Waals surface area contributed by atoms with Crippen molar-refractivity contribution >= 4 is 12.2 Å². The molecule has 1 N–H and O–H groups in total. The first-order valence-electron chi connectivity index (χ1n) is 10.4. The quantitative estimate of drug-likeness (QED) is 0.812. The summed E-state index contributed by atoms with van der Waals surface area (Å²) >= 11 is 0. The molecule has 2 saturated heterocycles. The minimum atomic E-state index is -0.707. The fraction of sp³-hybridized carbons (Fsp3) is 0.636. The maximum Gasteiger partial charge on any atom is 0.410 e. The van der Waals surface area contributed by atoms with Gasteiger partial charge in [0.1, 0.15) is 11.2 Å². The summed E-state index contributed by atoms with van der Waals surface area (Å²) in [4.78, 5) is 28.7.